The molecule has 0 saturated heterocycles. The van der Waals surface area contributed by atoms with Gasteiger partial charge in [-0.1, -0.05) is 23.8 Å². The lowest BCUT2D eigenvalue weighted by Gasteiger charge is -2.04. The van der Waals surface area contributed by atoms with Gasteiger partial charge >= 0.3 is 5.97 Å². The van der Waals surface area contributed by atoms with E-state index in [4.69, 9.17) is 5.11 Å². The number of nitrogens with one attached hydrogen (secondary N) is 1. The molecule has 0 radical (unpaired) electrons. The molecular weight excluding hydrogens is 266 g/mol. The van der Waals surface area contributed by atoms with Crippen LogP contribution in [-0.2, 0) is 6.42 Å². The maximum absolute atomic E-state index is 11.0. The Balaban J connectivity index is 1.97. The highest BCUT2D eigenvalue weighted by molar-refractivity contribution is 5.90. The molecule has 106 valence electrons. The van der Waals surface area contributed by atoms with E-state index in [1.807, 2.05) is 0 Å². The van der Waals surface area contributed by atoms with Crippen molar-refractivity contribution < 1.29 is 9.90 Å². The Kier molecular flexibility index (Phi) is 3.17. The van der Waals surface area contributed by atoms with Gasteiger partial charge < -0.3 is 10.1 Å². The van der Waals surface area contributed by atoms with Gasteiger partial charge in [0.1, 0.15) is 5.82 Å². The number of carbonyl (C=O) groups is 1. The maximum atomic E-state index is 11.0. The number of aryl methyl sites for hydroxylation is 2. The smallest absolute Gasteiger partial charge is 0.337 e. The molecular formula is C16H15N3O2. The average molecular weight is 281 g/mol. The van der Waals surface area contributed by atoms with Crippen molar-refractivity contribution in [3.8, 4) is 0 Å². The van der Waals surface area contributed by atoms with Crippen molar-refractivity contribution >= 4 is 17.1 Å². The first-order valence-corrected chi connectivity index (χ1v) is 6.67. The Bertz CT molecular complexity index is 837. The molecule has 0 amide bonds. The lowest BCUT2D eigenvalue weighted by molar-refractivity contribution is 0.0696. The Labute approximate surface area is 121 Å². The molecule has 0 unspecified atom stereocenters. The summed E-state index contributed by atoms with van der Waals surface area (Å²) < 4.78 is 0. The molecule has 1 aromatic carbocycles. The van der Waals surface area contributed by atoms with Crippen molar-refractivity contribution in [3.63, 3.8) is 0 Å². The van der Waals surface area contributed by atoms with E-state index < -0.39 is 5.97 Å². The summed E-state index contributed by atoms with van der Waals surface area (Å²) >= 11 is 0. The molecule has 21 heavy (non-hydrogen) atoms. The van der Waals surface area contributed by atoms with Crippen molar-refractivity contribution in [2.75, 3.05) is 0 Å². The number of aromatic amines is 1. The second-order valence-corrected chi connectivity index (χ2v) is 5.19. The first-order valence-electron chi connectivity index (χ1n) is 6.67. The third-order valence-electron chi connectivity index (χ3n) is 3.50. The third-order valence-corrected chi connectivity index (χ3v) is 3.50. The van der Waals surface area contributed by atoms with E-state index in [2.05, 4.69) is 47.0 Å². The number of carboxylic acid groups (broad SMARTS) is 1. The normalized spacial score (nSPS) is 11.0. The van der Waals surface area contributed by atoms with Crippen LogP contribution in [0.2, 0.25) is 0 Å². The van der Waals surface area contributed by atoms with E-state index >= 15 is 0 Å². The van der Waals surface area contributed by atoms with Crippen LogP contribution in [0.15, 0.2) is 30.5 Å². The third kappa shape index (κ3) is 2.63. The number of hydrogen-bond donors (Lipinski definition) is 2. The monoisotopic (exact) mass is 281 g/mol. The van der Waals surface area contributed by atoms with Gasteiger partial charge in [0.05, 0.1) is 11.1 Å². The van der Waals surface area contributed by atoms with E-state index in [9.17, 15) is 4.79 Å². The minimum absolute atomic E-state index is 0.157. The van der Waals surface area contributed by atoms with Crippen molar-refractivity contribution in [2.45, 2.75) is 20.3 Å². The molecule has 3 aromatic rings. The van der Waals surface area contributed by atoms with Crippen molar-refractivity contribution in [1.82, 2.24) is 15.0 Å². The molecule has 0 atom stereocenters. The highest BCUT2D eigenvalue weighted by Gasteiger charge is 2.10. The van der Waals surface area contributed by atoms with Gasteiger partial charge in [-0.2, -0.15) is 0 Å². The standard InChI is InChI=1S/C16H15N3O2/c1-9-3-4-10(2)11(5-9)7-14-18-13-6-12(16(20)21)8-17-15(13)19-14/h3-6,8H,7H2,1-2H3,(H,20,21)(H,17,18,19). The number of hydrogen-bond acceptors (Lipinski definition) is 3. The molecule has 0 aliphatic heterocycles. The van der Waals surface area contributed by atoms with Crippen LogP contribution in [0, 0.1) is 13.8 Å². The van der Waals surface area contributed by atoms with Gasteiger partial charge in [0, 0.05) is 12.6 Å². The van der Waals surface area contributed by atoms with Crippen molar-refractivity contribution in [1.29, 1.82) is 0 Å². The molecule has 0 bridgehead atoms. The van der Waals surface area contributed by atoms with Crippen molar-refractivity contribution in [2.24, 2.45) is 0 Å². The fraction of sp³-hybridized carbons (Fsp3) is 0.188. The van der Waals surface area contributed by atoms with Crippen molar-refractivity contribution in [3.05, 3.63) is 58.5 Å². The highest BCUT2D eigenvalue weighted by atomic mass is 16.4. The molecule has 0 saturated carbocycles. The molecule has 5 nitrogen and oxygen atoms in total. The number of aromatic nitrogens is 3. The fourth-order valence-corrected chi connectivity index (χ4v) is 2.32. The molecule has 5 heteroatoms. The SMILES string of the molecule is Cc1ccc(C)c(Cc2nc3ncc(C(=O)O)cc3[nH]2)c1. The van der Waals surface area contributed by atoms with E-state index in [-0.39, 0.29) is 5.56 Å². The topological polar surface area (TPSA) is 78.9 Å². The fourth-order valence-electron chi connectivity index (χ4n) is 2.32. The quantitative estimate of drug-likeness (QED) is 0.773. The number of carboxylic acids is 1. The molecule has 0 spiro atoms. The molecule has 0 aliphatic carbocycles. The number of imidazole rings is 1. The molecule has 3 rings (SSSR count). The number of fused-ring (bicyclic) bond motifs is 1. The van der Waals surface area contributed by atoms with Crippen LogP contribution in [0.25, 0.3) is 11.2 Å². The van der Waals surface area contributed by atoms with Gasteiger partial charge in [-0.15, -0.1) is 0 Å². The predicted molar refractivity (Wildman–Crippen MR) is 79.6 cm³/mol. The summed E-state index contributed by atoms with van der Waals surface area (Å²) in [4.78, 5) is 22.6. The van der Waals surface area contributed by atoms with E-state index in [0.717, 1.165) is 5.82 Å². The molecule has 0 aliphatic rings. The Morgan fingerprint density at radius 2 is 2.10 bits per heavy atom. The average Bonchev–Trinajstić information content (AvgIpc) is 2.84. The van der Waals surface area contributed by atoms with Gasteiger partial charge in [-0.05, 0) is 31.0 Å². The zero-order valence-corrected chi connectivity index (χ0v) is 11.8. The first kappa shape index (κ1) is 13.3. The molecule has 2 aromatic heterocycles. The lowest BCUT2D eigenvalue weighted by Crippen LogP contribution is -1.96. The maximum Gasteiger partial charge on any atom is 0.337 e. The van der Waals surface area contributed by atoms with Crippen LogP contribution in [0.5, 0.6) is 0 Å². The van der Waals surface area contributed by atoms with Gasteiger partial charge in [0.2, 0.25) is 0 Å². The Morgan fingerprint density at radius 3 is 2.86 bits per heavy atom. The van der Waals surface area contributed by atoms with E-state index in [1.54, 1.807) is 6.07 Å². The number of rotatable bonds is 3. The second kappa shape index (κ2) is 5.01. The summed E-state index contributed by atoms with van der Waals surface area (Å²) in [5, 5.41) is 8.98. The molecule has 2 N–H and O–H groups in total. The summed E-state index contributed by atoms with van der Waals surface area (Å²) in [6.07, 6.45) is 2.00. The summed E-state index contributed by atoms with van der Waals surface area (Å²) in [6, 6.07) is 7.87. The highest BCUT2D eigenvalue weighted by Crippen LogP contribution is 2.17. The number of aromatic carboxylic acids is 1. The Hall–Kier alpha value is -2.69. The van der Waals surface area contributed by atoms with Crippen LogP contribution >= 0.6 is 0 Å². The zero-order valence-electron chi connectivity index (χ0n) is 11.8. The summed E-state index contributed by atoms with van der Waals surface area (Å²) in [5.74, 6) is -0.205. The minimum atomic E-state index is -0.991. The van der Waals surface area contributed by atoms with Gasteiger partial charge in [-0.25, -0.2) is 14.8 Å². The van der Waals surface area contributed by atoms with Crippen LogP contribution in [0.3, 0.4) is 0 Å². The number of benzene rings is 1. The van der Waals surface area contributed by atoms with Gasteiger partial charge in [-0.3, -0.25) is 0 Å². The second-order valence-electron chi connectivity index (χ2n) is 5.19. The summed E-state index contributed by atoms with van der Waals surface area (Å²) in [7, 11) is 0. The predicted octanol–water partition coefficient (Wildman–Crippen LogP) is 2.86. The summed E-state index contributed by atoms with van der Waals surface area (Å²) in [6.45, 7) is 4.13. The van der Waals surface area contributed by atoms with Crippen LogP contribution in [0.4, 0.5) is 0 Å². The van der Waals surface area contributed by atoms with Crippen LogP contribution in [0.1, 0.15) is 32.9 Å². The Morgan fingerprint density at radius 1 is 1.29 bits per heavy atom. The number of H-pyrrole nitrogens is 1. The van der Waals surface area contributed by atoms with Crippen LogP contribution in [-0.4, -0.2) is 26.0 Å². The van der Waals surface area contributed by atoms with E-state index in [1.165, 1.54) is 22.9 Å². The largest absolute Gasteiger partial charge is 0.478 e. The lowest BCUT2D eigenvalue weighted by atomic mass is 10.0. The number of pyridine rings is 1. The van der Waals surface area contributed by atoms with Crippen LogP contribution < -0.4 is 0 Å². The zero-order chi connectivity index (χ0) is 15.0. The first-order chi connectivity index (χ1) is 10.0. The molecule has 2 heterocycles. The molecule has 0 fully saturated rings. The summed E-state index contributed by atoms with van der Waals surface area (Å²) in [5.41, 5.74) is 4.96. The minimum Gasteiger partial charge on any atom is -0.478 e. The van der Waals surface area contributed by atoms with Gasteiger partial charge in [0.15, 0.2) is 5.65 Å². The van der Waals surface area contributed by atoms with Gasteiger partial charge in [0.25, 0.3) is 0 Å². The van der Waals surface area contributed by atoms with E-state index in [0.29, 0.717) is 17.6 Å². The number of nitrogens with zero attached hydrogens (tertiary/aromatic N) is 2.